The first-order chi connectivity index (χ1) is 12.7. The predicted octanol–water partition coefficient (Wildman–Crippen LogP) is 5.61. The van der Waals surface area contributed by atoms with Crippen LogP contribution in [0.2, 0.25) is 5.15 Å². The summed E-state index contributed by atoms with van der Waals surface area (Å²) in [6.45, 7) is 2.44. The molecule has 0 aliphatic heterocycles. The van der Waals surface area contributed by atoms with Crippen LogP contribution < -0.4 is 4.74 Å². The Bertz CT molecular complexity index is 1100. The van der Waals surface area contributed by atoms with Gasteiger partial charge in [-0.25, -0.2) is 19.3 Å². The van der Waals surface area contributed by atoms with Gasteiger partial charge in [-0.2, -0.15) is 0 Å². The van der Waals surface area contributed by atoms with Crippen molar-refractivity contribution in [3.8, 4) is 27.4 Å². The minimum absolute atomic E-state index is 0.296. The molecule has 0 N–H and O–H groups in total. The van der Waals surface area contributed by atoms with E-state index < -0.39 is 5.82 Å². The second kappa shape index (κ2) is 6.97. The lowest BCUT2D eigenvalue weighted by Crippen LogP contribution is -1.95. The molecule has 7 heteroatoms. The molecule has 4 rings (SSSR count). The van der Waals surface area contributed by atoms with Crippen LogP contribution in [0.3, 0.4) is 0 Å². The number of thiophene rings is 1. The average molecular weight is 386 g/mol. The zero-order chi connectivity index (χ0) is 18.1. The Morgan fingerprint density at radius 2 is 2.04 bits per heavy atom. The van der Waals surface area contributed by atoms with Gasteiger partial charge in [0.2, 0.25) is 0 Å². The van der Waals surface area contributed by atoms with Crippen LogP contribution in [0, 0.1) is 5.82 Å². The zero-order valence-electron chi connectivity index (χ0n) is 13.7. The monoisotopic (exact) mass is 385 g/mol. The number of benzene rings is 1. The van der Waals surface area contributed by atoms with Gasteiger partial charge < -0.3 is 4.74 Å². The van der Waals surface area contributed by atoms with Crippen molar-refractivity contribution in [3.05, 3.63) is 60.0 Å². The van der Waals surface area contributed by atoms with E-state index in [-0.39, 0.29) is 0 Å². The number of halogens is 2. The topological polar surface area (TPSA) is 47.9 Å². The largest absolute Gasteiger partial charge is 0.492 e. The smallest absolute Gasteiger partial charge is 0.168 e. The van der Waals surface area contributed by atoms with E-state index in [1.54, 1.807) is 12.3 Å². The number of rotatable bonds is 4. The van der Waals surface area contributed by atoms with Gasteiger partial charge in [0.1, 0.15) is 22.9 Å². The van der Waals surface area contributed by atoms with E-state index >= 15 is 0 Å². The fourth-order valence-electron chi connectivity index (χ4n) is 2.78. The van der Waals surface area contributed by atoms with Gasteiger partial charge in [0.05, 0.1) is 23.9 Å². The SMILES string of the molecule is CCOc1cnc(Cl)cc1-c1cccc2cc(-c3ncncc3F)sc12. The number of hydrogen-bond acceptors (Lipinski definition) is 5. The molecule has 0 radical (unpaired) electrons. The normalized spacial score (nSPS) is 11.0. The minimum Gasteiger partial charge on any atom is -0.492 e. The lowest BCUT2D eigenvalue weighted by Gasteiger charge is -2.11. The van der Waals surface area contributed by atoms with Crippen molar-refractivity contribution < 1.29 is 9.13 Å². The Kier molecular flexibility index (Phi) is 4.53. The van der Waals surface area contributed by atoms with Gasteiger partial charge in [-0.05, 0) is 24.4 Å². The Labute approximate surface area is 158 Å². The summed E-state index contributed by atoms with van der Waals surface area (Å²) in [5.74, 6) is 0.218. The number of aromatic nitrogens is 3. The Balaban J connectivity index is 1.93. The molecule has 0 amide bonds. The van der Waals surface area contributed by atoms with E-state index in [4.69, 9.17) is 16.3 Å². The van der Waals surface area contributed by atoms with Crippen molar-refractivity contribution >= 4 is 33.0 Å². The molecule has 0 spiro atoms. The molecule has 26 heavy (non-hydrogen) atoms. The van der Waals surface area contributed by atoms with Crippen molar-refractivity contribution in [2.24, 2.45) is 0 Å². The standard InChI is InChI=1S/C19H13ClFN3OS/c1-2-25-15-9-23-17(20)7-13(15)12-5-3-4-11-6-16(26-19(11)12)18-14(21)8-22-10-24-18/h3-10H,2H2,1H3. The molecule has 0 saturated carbocycles. The molecule has 0 aliphatic carbocycles. The van der Waals surface area contributed by atoms with Crippen LogP contribution in [0.15, 0.2) is 49.1 Å². The van der Waals surface area contributed by atoms with Crippen LogP contribution >= 0.6 is 22.9 Å². The second-order valence-corrected chi connectivity index (χ2v) is 6.93. The summed E-state index contributed by atoms with van der Waals surface area (Å²) < 4.78 is 20.8. The van der Waals surface area contributed by atoms with E-state index in [0.29, 0.717) is 23.2 Å². The molecule has 4 aromatic rings. The molecule has 0 unspecified atom stereocenters. The second-order valence-electron chi connectivity index (χ2n) is 5.49. The maximum atomic E-state index is 14.1. The number of nitrogens with zero attached hydrogens (tertiary/aromatic N) is 3. The molecule has 4 nitrogen and oxygen atoms in total. The lowest BCUT2D eigenvalue weighted by molar-refractivity contribution is 0.340. The molecule has 3 aromatic heterocycles. The van der Waals surface area contributed by atoms with E-state index in [1.165, 1.54) is 23.9 Å². The van der Waals surface area contributed by atoms with E-state index in [2.05, 4.69) is 15.0 Å². The van der Waals surface area contributed by atoms with E-state index in [1.807, 2.05) is 31.2 Å². The Hall–Kier alpha value is -2.57. The van der Waals surface area contributed by atoms with Gasteiger partial charge >= 0.3 is 0 Å². The third kappa shape index (κ3) is 3.02. The summed E-state index contributed by atoms with van der Waals surface area (Å²) in [6, 6.07) is 9.65. The van der Waals surface area contributed by atoms with E-state index in [9.17, 15) is 4.39 Å². The van der Waals surface area contributed by atoms with Crippen LogP contribution in [0.4, 0.5) is 4.39 Å². The first-order valence-electron chi connectivity index (χ1n) is 7.94. The predicted molar refractivity (Wildman–Crippen MR) is 102 cm³/mol. The summed E-state index contributed by atoms with van der Waals surface area (Å²) in [4.78, 5) is 12.6. The Morgan fingerprint density at radius 1 is 1.15 bits per heavy atom. The molecule has 1 aromatic carbocycles. The number of fused-ring (bicyclic) bond motifs is 1. The van der Waals surface area contributed by atoms with Gasteiger partial charge in [-0.3, -0.25) is 0 Å². The molecule has 0 aliphatic rings. The van der Waals surface area contributed by atoms with Gasteiger partial charge in [0, 0.05) is 15.8 Å². The minimum atomic E-state index is -0.442. The maximum absolute atomic E-state index is 14.1. The summed E-state index contributed by atoms with van der Waals surface area (Å²) in [6.07, 6.45) is 4.14. The quantitative estimate of drug-likeness (QED) is 0.428. The van der Waals surface area contributed by atoms with Crippen LogP contribution in [0.5, 0.6) is 5.75 Å². The van der Waals surface area contributed by atoms with Crippen molar-refractivity contribution in [2.45, 2.75) is 6.92 Å². The average Bonchev–Trinajstić information content (AvgIpc) is 3.08. The van der Waals surface area contributed by atoms with Gasteiger partial charge in [-0.1, -0.05) is 29.8 Å². The molecule has 0 saturated heterocycles. The van der Waals surface area contributed by atoms with Crippen LogP contribution in [0.1, 0.15) is 6.92 Å². The molecule has 0 atom stereocenters. The first-order valence-corrected chi connectivity index (χ1v) is 9.14. The first kappa shape index (κ1) is 16.9. The number of ether oxygens (including phenoxy) is 1. The van der Waals surface area contributed by atoms with Crippen molar-refractivity contribution in [2.75, 3.05) is 6.61 Å². The summed E-state index contributed by atoms with van der Waals surface area (Å²) in [5.41, 5.74) is 2.11. The summed E-state index contributed by atoms with van der Waals surface area (Å²) in [5, 5.41) is 1.38. The fourth-order valence-corrected chi connectivity index (χ4v) is 4.13. The third-order valence-electron chi connectivity index (χ3n) is 3.87. The highest BCUT2D eigenvalue weighted by molar-refractivity contribution is 7.22. The van der Waals surface area contributed by atoms with Crippen molar-refractivity contribution in [1.82, 2.24) is 15.0 Å². The lowest BCUT2D eigenvalue weighted by atomic mass is 10.0. The van der Waals surface area contributed by atoms with Crippen LogP contribution in [0.25, 0.3) is 31.8 Å². The highest BCUT2D eigenvalue weighted by atomic mass is 35.5. The van der Waals surface area contributed by atoms with Gasteiger partial charge in [0.25, 0.3) is 0 Å². The van der Waals surface area contributed by atoms with Crippen LogP contribution in [-0.2, 0) is 0 Å². The van der Waals surface area contributed by atoms with Crippen LogP contribution in [-0.4, -0.2) is 21.6 Å². The summed E-state index contributed by atoms with van der Waals surface area (Å²) in [7, 11) is 0. The Morgan fingerprint density at radius 3 is 2.85 bits per heavy atom. The van der Waals surface area contributed by atoms with Gasteiger partial charge in [0.15, 0.2) is 5.82 Å². The maximum Gasteiger partial charge on any atom is 0.168 e. The molecular weight excluding hydrogens is 373 g/mol. The van der Waals surface area contributed by atoms with E-state index in [0.717, 1.165) is 26.1 Å². The summed E-state index contributed by atoms with van der Waals surface area (Å²) >= 11 is 7.58. The molecule has 0 fully saturated rings. The molecule has 3 heterocycles. The highest BCUT2D eigenvalue weighted by Crippen LogP contribution is 2.42. The van der Waals surface area contributed by atoms with Crippen molar-refractivity contribution in [3.63, 3.8) is 0 Å². The number of hydrogen-bond donors (Lipinski definition) is 0. The third-order valence-corrected chi connectivity index (χ3v) is 5.27. The fraction of sp³-hybridized carbons (Fsp3) is 0.105. The zero-order valence-corrected chi connectivity index (χ0v) is 15.3. The molecular formula is C19H13ClFN3OS. The molecule has 130 valence electrons. The highest BCUT2D eigenvalue weighted by Gasteiger charge is 2.16. The molecule has 0 bridgehead atoms. The van der Waals surface area contributed by atoms with Gasteiger partial charge in [-0.15, -0.1) is 11.3 Å². The van der Waals surface area contributed by atoms with Crippen molar-refractivity contribution in [1.29, 1.82) is 0 Å². The number of pyridine rings is 1.